The molecule has 1 fully saturated rings. The summed E-state index contributed by atoms with van der Waals surface area (Å²) in [6.07, 6.45) is 2.32. The zero-order chi connectivity index (χ0) is 14.5. The lowest BCUT2D eigenvalue weighted by Crippen LogP contribution is -2.45. The first kappa shape index (κ1) is 15.3. The van der Waals surface area contributed by atoms with Crippen molar-refractivity contribution in [2.45, 2.75) is 32.4 Å². The van der Waals surface area contributed by atoms with Gasteiger partial charge in [-0.2, -0.15) is 0 Å². The molecule has 1 aliphatic heterocycles. The second-order valence-electron chi connectivity index (χ2n) is 5.70. The number of anilines is 1. The summed E-state index contributed by atoms with van der Waals surface area (Å²) in [5, 5.41) is 3.29. The van der Waals surface area contributed by atoms with Crippen LogP contribution in [0.4, 0.5) is 10.1 Å². The van der Waals surface area contributed by atoms with E-state index in [2.05, 4.69) is 29.1 Å². The van der Waals surface area contributed by atoms with Gasteiger partial charge >= 0.3 is 0 Å². The molecule has 0 saturated carbocycles. The molecule has 0 spiro atoms. The number of rotatable bonds is 5. The van der Waals surface area contributed by atoms with Crippen molar-refractivity contribution >= 4 is 5.69 Å². The van der Waals surface area contributed by atoms with E-state index in [4.69, 9.17) is 0 Å². The monoisotopic (exact) mass is 279 g/mol. The summed E-state index contributed by atoms with van der Waals surface area (Å²) in [7, 11) is 4.17. The lowest BCUT2D eigenvalue weighted by atomic mass is 10.0. The SMILES string of the molecule is CCNCc1cccc(F)c1N(C)C1CCCN(C)C1. The molecule has 2 rings (SSSR count). The topological polar surface area (TPSA) is 18.5 Å². The third kappa shape index (κ3) is 3.49. The average molecular weight is 279 g/mol. The van der Waals surface area contributed by atoms with Gasteiger partial charge in [-0.25, -0.2) is 4.39 Å². The van der Waals surface area contributed by atoms with Crippen molar-refractivity contribution in [2.24, 2.45) is 0 Å². The molecule has 1 aromatic rings. The number of likely N-dealkylation sites (tertiary alicyclic amines) is 1. The summed E-state index contributed by atoms with van der Waals surface area (Å²) < 4.78 is 14.3. The fourth-order valence-electron chi connectivity index (χ4n) is 3.00. The first-order valence-corrected chi connectivity index (χ1v) is 7.53. The molecule has 0 aliphatic carbocycles. The van der Waals surface area contributed by atoms with E-state index in [1.165, 1.54) is 6.42 Å². The van der Waals surface area contributed by atoms with Gasteiger partial charge in [-0.15, -0.1) is 0 Å². The van der Waals surface area contributed by atoms with Gasteiger partial charge in [0, 0.05) is 26.2 Å². The Morgan fingerprint density at radius 3 is 2.95 bits per heavy atom. The number of nitrogens with one attached hydrogen (secondary N) is 1. The van der Waals surface area contributed by atoms with Gasteiger partial charge in [0.15, 0.2) is 0 Å². The molecule has 1 unspecified atom stereocenters. The van der Waals surface area contributed by atoms with E-state index >= 15 is 0 Å². The second kappa shape index (κ2) is 7.04. The molecule has 0 aromatic heterocycles. The van der Waals surface area contributed by atoms with Gasteiger partial charge < -0.3 is 15.1 Å². The Morgan fingerprint density at radius 1 is 1.45 bits per heavy atom. The van der Waals surface area contributed by atoms with Crippen molar-refractivity contribution in [3.8, 4) is 0 Å². The van der Waals surface area contributed by atoms with Crippen molar-refractivity contribution < 1.29 is 4.39 Å². The number of likely N-dealkylation sites (N-methyl/N-ethyl adjacent to an activating group) is 2. The van der Waals surface area contributed by atoms with Crippen LogP contribution in [-0.4, -0.2) is 44.7 Å². The number of halogens is 1. The van der Waals surface area contributed by atoms with E-state index in [0.29, 0.717) is 6.04 Å². The Morgan fingerprint density at radius 2 is 2.25 bits per heavy atom. The highest BCUT2D eigenvalue weighted by Crippen LogP contribution is 2.27. The normalized spacial score (nSPS) is 20.1. The smallest absolute Gasteiger partial charge is 0.146 e. The molecule has 0 amide bonds. The van der Waals surface area contributed by atoms with Crippen LogP contribution < -0.4 is 10.2 Å². The molecule has 4 heteroatoms. The first-order valence-electron chi connectivity index (χ1n) is 7.53. The molecule has 1 heterocycles. The van der Waals surface area contributed by atoms with Crippen LogP contribution in [-0.2, 0) is 6.54 Å². The summed E-state index contributed by atoms with van der Waals surface area (Å²) >= 11 is 0. The Labute approximate surface area is 121 Å². The summed E-state index contributed by atoms with van der Waals surface area (Å²) in [6, 6.07) is 5.77. The van der Waals surface area contributed by atoms with Crippen LogP contribution in [0.25, 0.3) is 0 Å². The molecule has 1 saturated heterocycles. The minimum absolute atomic E-state index is 0.115. The third-order valence-corrected chi connectivity index (χ3v) is 4.14. The zero-order valence-corrected chi connectivity index (χ0v) is 12.8. The summed E-state index contributed by atoms with van der Waals surface area (Å²) in [4.78, 5) is 4.47. The van der Waals surface area contributed by atoms with Crippen molar-refractivity contribution in [3.63, 3.8) is 0 Å². The highest BCUT2D eigenvalue weighted by molar-refractivity contribution is 5.55. The maximum absolute atomic E-state index is 14.3. The summed E-state index contributed by atoms with van der Waals surface area (Å²) in [6.45, 7) is 5.83. The highest BCUT2D eigenvalue weighted by Gasteiger charge is 2.24. The van der Waals surface area contributed by atoms with Crippen LogP contribution in [0.1, 0.15) is 25.3 Å². The van der Waals surface area contributed by atoms with Crippen LogP contribution in [0, 0.1) is 5.82 Å². The number of hydrogen-bond donors (Lipinski definition) is 1. The molecular weight excluding hydrogens is 253 g/mol. The van der Waals surface area contributed by atoms with Gasteiger partial charge in [0.1, 0.15) is 5.82 Å². The van der Waals surface area contributed by atoms with Gasteiger partial charge in [-0.1, -0.05) is 19.1 Å². The number of para-hydroxylation sites is 1. The largest absolute Gasteiger partial charge is 0.368 e. The molecule has 1 aromatic carbocycles. The summed E-state index contributed by atoms with van der Waals surface area (Å²) in [5.41, 5.74) is 1.80. The number of hydrogen-bond acceptors (Lipinski definition) is 3. The van der Waals surface area contributed by atoms with E-state index in [0.717, 1.165) is 43.9 Å². The van der Waals surface area contributed by atoms with E-state index in [9.17, 15) is 4.39 Å². The molecule has 0 bridgehead atoms. The Hall–Kier alpha value is -1.13. The van der Waals surface area contributed by atoms with Crippen LogP contribution >= 0.6 is 0 Å². The Kier molecular flexibility index (Phi) is 5.38. The predicted molar refractivity (Wildman–Crippen MR) is 82.7 cm³/mol. The highest BCUT2D eigenvalue weighted by atomic mass is 19.1. The fourth-order valence-corrected chi connectivity index (χ4v) is 3.00. The van der Waals surface area contributed by atoms with E-state index in [-0.39, 0.29) is 5.82 Å². The average Bonchev–Trinajstić information content (AvgIpc) is 2.44. The van der Waals surface area contributed by atoms with Gasteiger partial charge in [0.2, 0.25) is 0 Å². The molecule has 0 radical (unpaired) electrons. The van der Waals surface area contributed by atoms with Crippen LogP contribution in [0.5, 0.6) is 0 Å². The molecule has 112 valence electrons. The maximum Gasteiger partial charge on any atom is 0.146 e. The van der Waals surface area contributed by atoms with Crippen LogP contribution in [0.3, 0.4) is 0 Å². The molecule has 1 atom stereocenters. The number of piperidine rings is 1. The van der Waals surface area contributed by atoms with Crippen molar-refractivity contribution in [1.29, 1.82) is 0 Å². The number of benzene rings is 1. The van der Waals surface area contributed by atoms with E-state index < -0.39 is 0 Å². The van der Waals surface area contributed by atoms with Crippen LogP contribution in [0.15, 0.2) is 18.2 Å². The fraction of sp³-hybridized carbons (Fsp3) is 0.625. The lowest BCUT2D eigenvalue weighted by molar-refractivity contribution is 0.247. The van der Waals surface area contributed by atoms with Crippen molar-refractivity contribution in [1.82, 2.24) is 10.2 Å². The predicted octanol–water partition coefficient (Wildman–Crippen LogP) is 2.47. The van der Waals surface area contributed by atoms with E-state index in [1.54, 1.807) is 12.1 Å². The van der Waals surface area contributed by atoms with Gasteiger partial charge in [0.25, 0.3) is 0 Å². The summed E-state index contributed by atoms with van der Waals surface area (Å²) in [5.74, 6) is -0.115. The minimum atomic E-state index is -0.115. The molecule has 1 aliphatic rings. The third-order valence-electron chi connectivity index (χ3n) is 4.14. The molecule has 1 N–H and O–H groups in total. The van der Waals surface area contributed by atoms with Gasteiger partial charge in [0.05, 0.1) is 5.69 Å². The van der Waals surface area contributed by atoms with Crippen LogP contribution in [0.2, 0.25) is 0 Å². The number of nitrogens with zero attached hydrogens (tertiary/aromatic N) is 2. The Balaban J connectivity index is 2.21. The molecular formula is C16H26FN3. The zero-order valence-electron chi connectivity index (χ0n) is 12.8. The van der Waals surface area contributed by atoms with Gasteiger partial charge in [-0.05, 0) is 44.6 Å². The van der Waals surface area contributed by atoms with Crippen molar-refractivity contribution in [3.05, 3.63) is 29.6 Å². The molecule has 20 heavy (non-hydrogen) atoms. The lowest BCUT2D eigenvalue weighted by Gasteiger charge is -2.38. The molecule has 3 nitrogen and oxygen atoms in total. The quantitative estimate of drug-likeness (QED) is 0.893. The van der Waals surface area contributed by atoms with Gasteiger partial charge in [-0.3, -0.25) is 0 Å². The standard InChI is InChI=1S/C16H26FN3/c1-4-18-11-13-7-5-9-15(17)16(13)20(3)14-8-6-10-19(2)12-14/h5,7,9,14,18H,4,6,8,10-12H2,1-3H3. The maximum atomic E-state index is 14.3. The van der Waals surface area contributed by atoms with E-state index in [1.807, 2.05) is 13.1 Å². The second-order valence-corrected chi connectivity index (χ2v) is 5.70. The van der Waals surface area contributed by atoms with Crippen molar-refractivity contribution in [2.75, 3.05) is 38.6 Å². The first-order chi connectivity index (χ1) is 9.63. The Bertz CT molecular complexity index is 436. The minimum Gasteiger partial charge on any atom is -0.368 e.